The van der Waals surface area contributed by atoms with Crippen LogP contribution < -0.4 is 0 Å². The first kappa shape index (κ1) is 10.1. The number of nitrogens with zero attached hydrogens (tertiary/aromatic N) is 3. The Balaban J connectivity index is 2.55. The standard InChI is InChI=1S/C9H5Cl2N3O/c10-7-2-1-6(9(11)15)3-8(7)14-4-12-13-5-14/h1-5H. The summed E-state index contributed by atoms with van der Waals surface area (Å²) in [5.74, 6) is 0. The van der Waals surface area contributed by atoms with Gasteiger partial charge in [0.1, 0.15) is 12.7 Å². The van der Waals surface area contributed by atoms with E-state index in [4.69, 9.17) is 23.2 Å². The summed E-state index contributed by atoms with van der Waals surface area (Å²) in [5.41, 5.74) is 0.998. The van der Waals surface area contributed by atoms with Crippen LogP contribution in [0.3, 0.4) is 0 Å². The number of hydrogen-bond donors (Lipinski definition) is 0. The smallest absolute Gasteiger partial charge is 0.252 e. The normalized spacial score (nSPS) is 10.3. The molecule has 6 heteroatoms. The summed E-state index contributed by atoms with van der Waals surface area (Å²) in [5, 5.41) is 7.27. The fourth-order valence-electron chi connectivity index (χ4n) is 1.16. The molecule has 0 amide bonds. The van der Waals surface area contributed by atoms with Crippen LogP contribution in [0.2, 0.25) is 5.02 Å². The van der Waals surface area contributed by atoms with Gasteiger partial charge in [-0.3, -0.25) is 9.36 Å². The minimum atomic E-state index is -0.527. The van der Waals surface area contributed by atoms with Crippen LogP contribution in [0, 0.1) is 0 Å². The quantitative estimate of drug-likeness (QED) is 0.759. The summed E-state index contributed by atoms with van der Waals surface area (Å²) >= 11 is 11.3. The lowest BCUT2D eigenvalue weighted by Crippen LogP contribution is -1.95. The van der Waals surface area contributed by atoms with E-state index < -0.39 is 5.24 Å². The van der Waals surface area contributed by atoms with Gasteiger partial charge >= 0.3 is 0 Å². The van der Waals surface area contributed by atoms with Gasteiger partial charge in [-0.15, -0.1) is 10.2 Å². The Labute approximate surface area is 95.4 Å². The van der Waals surface area contributed by atoms with Gasteiger partial charge in [-0.25, -0.2) is 0 Å². The van der Waals surface area contributed by atoms with E-state index >= 15 is 0 Å². The molecule has 0 saturated carbocycles. The summed E-state index contributed by atoms with van der Waals surface area (Å²) in [6.07, 6.45) is 2.98. The van der Waals surface area contributed by atoms with Crippen LogP contribution in [0.15, 0.2) is 30.9 Å². The van der Waals surface area contributed by atoms with Crippen LogP contribution in [-0.2, 0) is 0 Å². The monoisotopic (exact) mass is 241 g/mol. The van der Waals surface area contributed by atoms with Gasteiger partial charge in [0.15, 0.2) is 0 Å². The molecule has 0 spiro atoms. The van der Waals surface area contributed by atoms with E-state index in [9.17, 15) is 4.79 Å². The van der Waals surface area contributed by atoms with Crippen molar-refractivity contribution in [1.29, 1.82) is 0 Å². The highest BCUT2D eigenvalue weighted by molar-refractivity contribution is 6.67. The maximum atomic E-state index is 11.0. The number of carbonyl (C=O) groups is 1. The third-order valence-electron chi connectivity index (χ3n) is 1.87. The molecule has 1 aromatic heterocycles. The van der Waals surface area contributed by atoms with Crippen LogP contribution in [0.4, 0.5) is 0 Å². The van der Waals surface area contributed by atoms with Crippen molar-refractivity contribution in [1.82, 2.24) is 14.8 Å². The van der Waals surface area contributed by atoms with E-state index in [2.05, 4.69) is 10.2 Å². The maximum Gasteiger partial charge on any atom is 0.252 e. The lowest BCUT2D eigenvalue weighted by atomic mass is 10.2. The van der Waals surface area contributed by atoms with Crippen molar-refractivity contribution >= 4 is 28.4 Å². The van der Waals surface area contributed by atoms with E-state index in [1.54, 1.807) is 22.8 Å². The molecule has 1 heterocycles. The van der Waals surface area contributed by atoms with Gasteiger partial charge in [-0.2, -0.15) is 0 Å². The van der Waals surface area contributed by atoms with Crippen molar-refractivity contribution in [2.24, 2.45) is 0 Å². The number of rotatable bonds is 2. The molecule has 4 nitrogen and oxygen atoms in total. The third-order valence-corrected chi connectivity index (χ3v) is 2.41. The molecular weight excluding hydrogens is 237 g/mol. The third kappa shape index (κ3) is 2.00. The summed E-state index contributed by atoms with van der Waals surface area (Å²) < 4.78 is 1.60. The van der Waals surface area contributed by atoms with Gasteiger partial charge in [0.25, 0.3) is 5.24 Å². The average Bonchev–Trinajstić information content (AvgIpc) is 2.71. The summed E-state index contributed by atoms with van der Waals surface area (Å²) in [7, 11) is 0. The Kier molecular flexibility index (Phi) is 2.70. The fourth-order valence-corrected chi connectivity index (χ4v) is 1.49. The molecule has 0 bridgehead atoms. The summed E-state index contributed by atoms with van der Waals surface area (Å²) in [6.45, 7) is 0. The van der Waals surface area contributed by atoms with Crippen molar-refractivity contribution in [3.8, 4) is 5.69 Å². The average molecular weight is 242 g/mol. The Morgan fingerprint density at radius 1 is 1.27 bits per heavy atom. The fraction of sp³-hybridized carbons (Fsp3) is 0. The Bertz CT molecular complexity index is 496. The van der Waals surface area contributed by atoms with Gasteiger partial charge in [0.05, 0.1) is 10.7 Å². The molecule has 0 aliphatic heterocycles. The predicted molar refractivity (Wildman–Crippen MR) is 56.6 cm³/mol. The number of halogens is 2. The Morgan fingerprint density at radius 3 is 2.53 bits per heavy atom. The lowest BCUT2D eigenvalue weighted by Gasteiger charge is -2.04. The van der Waals surface area contributed by atoms with Gasteiger partial charge < -0.3 is 0 Å². The van der Waals surface area contributed by atoms with Crippen LogP contribution in [0.25, 0.3) is 5.69 Å². The van der Waals surface area contributed by atoms with E-state index in [-0.39, 0.29) is 0 Å². The first-order chi connectivity index (χ1) is 7.18. The zero-order valence-corrected chi connectivity index (χ0v) is 8.90. The summed E-state index contributed by atoms with van der Waals surface area (Å²) in [4.78, 5) is 11.0. The zero-order valence-electron chi connectivity index (χ0n) is 7.39. The molecule has 0 fully saturated rings. The molecule has 2 rings (SSSR count). The molecule has 15 heavy (non-hydrogen) atoms. The van der Waals surface area contributed by atoms with Gasteiger partial charge in [-0.1, -0.05) is 11.6 Å². The molecule has 2 aromatic rings. The molecule has 1 aromatic carbocycles. The van der Waals surface area contributed by atoms with Crippen molar-refractivity contribution in [3.63, 3.8) is 0 Å². The number of benzene rings is 1. The van der Waals surface area contributed by atoms with Gasteiger partial charge in [0.2, 0.25) is 0 Å². The molecule has 0 saturated heterocycles. The zero-order chi connectivity index (χ0) is 10.8. The number of aromatic nitrogens is 3. The second-order valence-electron chi connectivity index (χ2n) is 2.81. The molecule has 0 aliphatic rings. The largest absolute Gasteiger partial charge is 0.287 e. The van der Waals surface area contributed by atoms with Crippen molar-refractivity contribution in [3.05, 3.63) is 41.4 Å². The molecule has 0 atom stereocenters. The van der Waals surface area contributed by atoms with Crippen molar-refractivity contribution < 1.29 is 4.79 Å². The minimum absolute atomic E-state index is 0.379. The van der Waals surface area contributed by atoms with Crippen LogP contribution in [-0.4, -0.2) is 20.0 Å². The minimum Gasteiger partial charge on any atom is -0.287 e. The second kappa shape index (κ2) is 4.00. The molecular formula is C9H5Cl2N3O. The van der Waals surface area contributed by atoms with Crippen LogP contribution in [0.1, 0.15) is 10.4 Å². The van der Waals surface area contributed by atoms with Gasteiger partial charge in [-0.05, 0) is 29.8 Å². The van der Waals surface area contributed by atoms with E-state index in [1.807, 2.05) is 0 Å². The second-order valence-corrected chi connectivity index (χ2v) is 3.56. The first-order valence-corrected chi connectivity index (χ1v) is 4.78. The Morgan fingerprint density at radius 2 is 1.93 bits per heavy atom. The molecule has 0 N–H and O–H groups in total. The number of carbonyl (C=O) groups excluding carboxylic acids is 1. The van der Waals surface area contributed by atoms with Crippen LogP contribution >= 0.6 is 23.2 Å². The molecule has 0 unspecified atom stereocenters. The van der Waals surface area contributed by atoms with E-state index in [0.717, 1.165) is 0 Å². The summed E-state index contributed by atoms with van der Waals surface area (Å²) in [6, 6.07) is 4.75. The highest BCUT2D eigenvalue weighted by Crippen LogP contribution is 2.22. The molecule has 0 aliphatic carbocycles. The number of hydrogen-bond acceptors (Lipinski definition) is 3. The molecule has 76 valence electrons. The highest BCUT2D eigenvalue weighted by Gasteiger charge is 2.07. The van der Waals surface area contributed by atoms with Crippen LogP contribution in [0.5, 0.6) is 0 Å². The van der Waals surface area contributed by atoms with Crippen molar-refractivity contribution in [2.75, 3.05) is 0 Å². The molecule has 0 radical (unpaired) electrons. The first-order valence-electron chi connectivity index (χ1n) is 4.03. The van der Waals surface area contributed by atoms with Gasteiger partial charge in [0, 0.05) is 5.56 Å². The Hall–Kier alpha value is -1.39. The maximum absolute atomic E-state index is 11.0. The predicted octanol–water partition coefficient (Wildman–Crippen LogP) is 2.30. The lowest BCUT2D eigenvalue weighted by molar-refractivity contribution is 0.108. The van der Waals surface area contributed by atoms with E-state index in [0.29, 0.717) is 16.3 Å². The highest BCUT2D eigenvalue weighted by atomic mass is 35.5. The topological polar surface area (TPSA) is 47.8 Å². The SMILES string of the molecule is O=C(Cl)c1ccc(Cl)c(-n2cnnc2)c1. The van der Waals surface area contributed by atoms with E-state index in [1.165, 1.54) is 12.7 Å². The van der Waals surface area contributed by atoms with Crippen molar-refractivity contribution in [2.45, 2.75) is 0 Å².